The van der Waals surface area contributed by atoms with Crippen LogP contribution in [0, 0.1) is 11.8 Å². The summed E-state index contributed by atoms with van der Waals surface area (Å²) in [6.45, 7) is 3.95. The lowest BCUT2D eigenvalue weighted by Crippen LogP contribution is -2.06. The molecular formula is C16H20O2S. The van der Waals surface area contributed by atoms with Gasteiger partial charge in [0.25, 0.3) is 0 Å². The molecule has 0 aliphatic carbocycles. The predicted molar refractivity (Wildman–Crippen MR) is 80.4 cm³/mol. The van der Waals surface area contributed by atoms with Crippen molar-refractivity contribution >= 4 is 17.7 Å². The number of hydrogen-bond donors (Lipinski definition) is 0. The number of unbranched alkanes of at least 4 members (excludes halogenated alkanes) is 2. The Labute approximate surface area is 119 Å². The average Bonchev–Trinajstić information content (AvgIpc) is 2.44. The van der Waals surface area contributed by atoms with Gasteiger partial charge in [0.05, 0.1) is 10.6 Å². The minimum atomic E-state index is -0.206. The molecule has 0 bridgehead atoms. The van der Waals surface area contributed by atoms with Crippen LogP contribution in [0.25, 0.3) is 0 Å². The molecule has 1 aromatic rings. The van der Waals surface area contributed by atoms with E-state index in [0.29, 0.717) is 12.2 Å². The Balaban J connectivity index is 2.52. The van der Waals surface area contributed by atoms with Crippen LogP contribution in [0.2, 0.25) is 0 Å². The molecule has 0 fully saturated rings. The van der Waals surface area contributed by atoms with Crippen molar-refractivity contribution in [3.63, 3.8) is 0 Å². The number of rotatable bonds is 6. The predicted octanol–water partition coefficient (Wildman–Crippen LogP) is 4.29. The Bertz CT molecular complexity index is 457. The number of carbonyl (C=O) groups is 1. The molecule has 3 heteroatoms. The Morgan fingerprint density at radius 3 is 2.79 bits per heavy atom. The van der Waals surface area contributed by atoms with Crippen molar-refractivity contribution in [1.82, 2.24) is 0 Å². The van der Waals surface area contributed by atoms with Gasteiger partial charge in [-0.05, 0) is 18.6 Å². The fourth-order valence-corrected chi connectivity index (χ4v) is 2.12. The topological polar surface area (TPSA) is 26.3 Å². The smallest absolute Gasteiger partial charge is 0.310 e. The van der Waals surface area contributed by atoms with Crippen LogP contribution in [0.4, 0.5) is 0 Å². The maximum Gasteiger partial charge on any atom is 0.310 e. The molecule has 1 aromatic carbocycles. The van der Waals surface area contributed by atoms with Gasteiger partial charge >= 0.3 is 5.97 Å². The minimum absolute atomic E-state index is 0.206. The average molecular weight is 276 g/mol. The second-order valence-corrected chi connectivity index (χ2v) is 5.04. The van der Waals surface area contributed by atoms with Crippen LogP contribution >= 0.6 is 11.8 Å². The summed E-state index contributed by atoms with van der Waals surface area (Å²) in [5, 5.41) is 0. The van der Waals surface area contributed by atoms with Gasteiger partial charge in [0.15, 0.2) is 0 Å². The molecule has 1 rings (SSSR count). The van der Waals surface area contributed by atoms with Gasteiger partial charge in [-0.1, -0.05) is 38.3 Å². The number of ether oxygens (including phenoxy) is 1. The number of esters is 1. The normalized spacial score (nSPS) is 9.58. The fourth-order valence-electron chi connectivity index (χ4n) is 1.37. The van der Waals surface area contributed by atoms with E-state index in [1.54, 1.807) is 18.7 Å². The molecular weight excluding hydrogens is 256 g/mol. The van der Waals surface area contributed by atoms with E-state index in [2.05, 4.69) is 18.8 Å². The van der Waals surface area contributed by atoms with Crippen molar-refractivity contribution in [1.29, 1.82) is 0 Å². The van der Waals surface area contributed by atoms with Gasteiger partial charge in [-0.2, -0.15) is 0 Å². The van der Waals surface area contributed by atoms with Gasteiger partial charge in [-0.15, -0.1) is 17.7 Å². The highest BCUT2D eigenvalue weighted by atomic mass is 32.2. The van der Waals surface area contributed by atoms with E-state index in [1.807, 2.05) is 24.3 Å². The van der Waals surface area contributed by atoms with Crippen LogP contribution in [-0.4, -0.2) is 11.7 Å². The zero-order chi connectivity index (χ0) is 13.9. The number of hydrogen-bond acceptors (Lipinski definition) is 3. The van der Waals surface area contributed by atoms with Crippen LogP contribution < -0.4 is 4.74 Å². The molecule has 0 saturated carbocycles. The number of carbonyl (C=O) groups excluding carboxylic acids is 1. The van der Waals surface area contributed by atoms with Crippen LogP contribution in [0.15, 0.2) is 29.2 Å². The van der Waals surface area contributed by atoms with Crippen molar-refractivity contribution < 1.29 is 9.53 Å². The molecule has 19 heavy (non-hydrogen) atoms. The zero-order valence-electron chi connectivity index (χ0n) is 11.6. The molecule has 0 unspecified atom stereocenters. The summed E-state index contributed by atoms with van der Waals surface area (Å²) in [5.74, 6) is 7.44. The second kappa shape index (κ2) is 9.52. The van der Waals surface area contributed by atoms with E-state index < -0.39 is 0 Å². The van der Waals surface area contributed by atoms with E-state index in [9.17, 15) is 4.79 Å². The Kier molecular flexibility index (Phi) is 7.84. The van der Waals surface area contributed by atoms with Crippen LogP contribution in [0.5, 0.6) is 5.75 Å². The molecule has 2 nitrogen and oxygen atoms in total. The van der Waals surface area contributed by atoms with E-state index in [0.717, 1.165) is 23.5 Å². The summed E-state index contributed by atoms with van der Waals surface area (Å²) in [4.78, 5) is 12.3. The van der Waals surface area contributed by atoms with Crippen molar-refractivity contribution in [2.45, 2.75) is 44.4 Å². The van der Waals surface area contributed by atoms with Gasteiger partial charge < -0.3 is 4.74 Å². The maximum absolute atomic E-state index is 11.3. The van der Waals surface area contributed by atoms with Crippen LogP contribution in [0.3, 0.4) is 0 Å². The molecule has 0 saturated heterocycles. The standard InChI is InChI=1S/C16H20O2S/c1-3-5-6-7-10-13-19-15-12-9-8-11-14(15)18-16(17)4-2/h8-9,11-12H,3-6,13H2,1-2H3. The van der Waals surface area contributed by atoms with Crippen molar-refractivity contribution in [3.05, 3.63) is 24.3 Å². The summed E-state index contributed by atoms with van der Waals surface area (Å²) in [6.07, 6.45) is 3.68. The molecule has 0 aliphatic rings. The second-order valence-electron chi connectivity index (χ2n) is 4.02. The fraction of sp³-hybridized carbons (Fsp3) is 0.438. The van der Waals surface area contributed by atoms with Crippen LogP contribution in [-0.2, 0) is 4.79 Å². The van der Waals surface area contributed by atoms with Crippen molar-refractivity contribution in [2.24, 2.45) is 0 Å². The highest BCUT2D eigenvalue weighted by Gasteiger charge is 2.06. The van der Waals surface area contributed by atoms with E-state index >= 15 is 0 Å². The zero-order valence-corrected chi connectivity index (χ0v) is 12.4. The molecule has 0 radical (unpaired) electrons. The number of benzene rings is 1. The third-order valence-electron chi connectivity index (χ3n) is 2.44. The summed E-state index contributed by atoms with van der Waals surface area (Å²) >= 11 is 1.61. The minimum Gasteiger partial charge on any atom is -0.425 e. The van der Waals surface area contributed by atoms with E-state index in [4.69, 9.17) is 4.74 Å². The summed E-state index contributed by atoms with van der Waals surface area (Å²) in [7, 11) is 0. The van der Waals surface area contributed by atoms with Gasteiger partial charge in [-0.3, -0.25) is 4.79 Å². The SMILES string of the molecule is CCCCC#CCSc1ccccc1OC(=O)CC. The Hall–Kier alpha value is -1.40. The highest BCUT2D eigenvalue weighted by Crippen LogP contribution is 2.28. The Morgan fingerprint density at radius 1 is 1.26 bits per heavy atom. The first-order chi connectivity index (χ1) is 9.27. The summed E-state index contributed by atoms with van der Waals surface area (Å²) < 4.78 is 5.28. The maximum atomic E-state index is 11.3. The van der Waals surface area contributed by atoms with E-state index in [-0.39, 0.29) is 5.97 Å². The third-order valence-corrected chi connectivity index (χ3v) is 3.38. The van der Waals surface area contributed by atoms with Crippen molar-refractivity contribution in [3.8, 4) is 17.6 Å². The molecule has 0 aliphatic heterocycles. The first-order valence-electron chi connectivity index (χ1n) is 6.66. The third kappa shape index (κ3) is 6.35. The lowest BCUT2D eigenvalue weighted by molar-refractivity contribution is -0.134. The van der Waals surface area contributed by atoms with Gasteiger partial charge in [0.1, 0.15) is 5.75 Å². The first kappa shape index (κ1) is 15.7. The van der Waals surface area contributed by atoms with E-state index in [1.165, 1.54) is 6.42 Å². The quantitative estimate of drug-likeness (QED) is 0.255. The van der Waals surface area contributed by atoms with Gasteiger partial charge in [0, 0.05) is 12.8 Å². The number of thioether (sulfide) groups is 1. The van der Waals surface area contributed by atoms with Gasteiger partial charge in [0.2, 0.25) is 0 Å². The monoisotopic (exact) mass is 276 g/mol. The largest absolute Gasteiger partial charge is 0.425 e. The first-order valence-corrected chi connectivity index (χ1v) is 7.64. The van der Waals surface area contributed by atoms with Crippen LogP contribution in [0.1, 0.15) is 39.5 Å². The molecule has 0 heterocycles. The summed E-state index contributed by atoms with van der Waals surface area (Å²) in [6, 6.07) is 7.59. The Morgan fingerprint density at radius 2 is 2.05 bits per heavy atom. The molecule has 0 N–H and O–H groups in total. The summed E-state index contributed by atoms with van der Waals surface area (Å²) in [5.41, 5.74) is 0. The molecule has 0 spiro atoms. The molecule has 0 amide bonds. The van der Waals surface area contributed by atoms with Gasteiger partial charge in [-0.25, -0.2) is 0 Å². The lowest BCUT2D eigenvalue weighted by atomic mass is 10.3. The number of para-hydroxylation sites is 1. The molecule has 0 atom stereocenters. The highest BCUT2D eigenvalue weighted by molar-refractivity contribution is 7.99. The molecule has 0 aromatic heterocycles. The van der Waals surface area contributed by atoms with Crippen molar-refractivity contribution in [2.75, 3.05) is 5.75 Å². The lowest BCUT2D eigenvalue weighted by Gasteiger charge is -2.07. The molecule has 102 valence electrons.